The molecule has 1 heterocycles. The van der Waals surface area contributed by atoms with Crippen LogP contribution in [-0.2, 0) is 13.0 Å². The summed E-state index contributed by atoms with van der Waals surface area (Å²) in [5, 5.41) is 0.632. The van der Waals surface area contributed by atoms with Crippen LogP contribution in [0.4, 0.5) is 0 Å². The van der Waals surface area contributed by atoms with Gasteiger partial charge in [0, 0.05) is 22.0 Å². The van der Waals surface area contributed by atoms with E-state index in [9.17, 15) is 4.79 Å². The molecular weight excluding hydrogens is 360 g/mol. The lowest BCUT2D eigenvalue weighted by Crippen LogP contribution is -2.16. The van der Waals surface area contributed by atoms with Gasteiger partial charge >= 0.3 is 4.87 Å². The zero-order valence-electron chi connectivity index (χ0n) is 10.5. The molecule has 0 amide bonds. The molecule has 0 unspecified atom stereocenters. The van der Waals surface area contributed by atoms with Crippen LogP contribution in [0, 0.1) is 6.92 Å². The summed E-state index contributed by atoms with van der Waals surface area (Å²) in [6.07, 6.45) is 0.221. The van der Waals surface area contributed by atoms with Gasteiger partial charge in [-0.2, -0.15) is 0 Å². The van der Waals surface area contributed by atoms with Crippen LogP contribution in [0.25, 0.3) is 0 Å². The van der Waals surface area contributed by atoms with Crippen LogP contribution < -0.4 is 4.87 Å². The smallest absolute Gasteiger partial charge is 0.299 e. The zero-order chi connectivity index (χ0) is 14.9. The largest absolute Gasteiger partial charge is 0.307 e. The maximum Gasteiger partial charge on any atom is 0.307 e. The quantitative estimate of drug-likeness (QED) is 0.709. The van der Waals surface area contributed by atoms with E-state index in [4.69, 9.17) is 46.4 Å². The Hall–Kier alpha value is -0.190. The Balaban J connectivity index is 2.34. The van der Waals surface area contributed by atoms with Gasteiger partial charge in [-0.3, -0.25) is 9.36 Å². The lowest BCUT2D eigenvalue weighted by molar-refractivity contribution is 0.747. The van der Waals surface area contributed by atoms with Crippen LogP contribution >= 0.6 is 57.7 Å². The fourth-order valence-electron chi connectivity index (χ4n) is 1.85. The standard InChI is InChI=1S/C13H11Cl4NOS/c1-8-11(6-13(15,16)17)20-12(19)18(8)7-9-4-2-3-5-10(9)14/h2-5H,6-7H2,1H3. The van der Waals surface area contributed by atoms with Crippen molar-refractivity contribution in [2.24, 2.45) is 0 Å². The number of aromatic nitrogens is 1. The second kappa shape index (κ2) is 6.29. The van der Waals surface area contributed by atoms with E-state index in [0.717, 1.165) is 27.5 Å². The highest BCUT2D eigenvalue weighted by atomic mass is 35.6. The van der Waals surface area contributed by atoms with E-state index < -0.39 is 3.79 Å². The third-order valence-electron chi connectivity index (χ3n) is 2.89. The highest BCUT2D eigenvalue weighted by Gasteiger charge is 2.24. The highest BCUT2D eigenvalue weighted by molar-refractivity contribution is 7.09. The molecule has 7 heteroatoms. The van der Waals surface area contributed by atoms with Gasteiger partial charge in [0.05, 0.1) is 6.54 Å². The van der Waals surface area contributed by atoms with Gasteiger partial charge in [0.25, 0.3) is 0 Å². The van der Waals surface area contributed by atoms with Crippen LogP contribution in [0.1, 0.15) is 16.1 Å². The van der Waals surface area contributed by atoms with Crippen molar-refractivity contribution in [3.05, 3.63) is 55.1 Å². The molecule has 0 saturated heterocycles. The van der Waals surface area contributed by atoms with Crippen molar-refractivity contribution in [2.75, 3.05) is 0 Å². The number of hydrogen-bond acceptors (Lipinski definition) is 2. The molecule has 0 radical (unpaired) electrons. The second-order valence-corrected chi connectivity index (χ2v) is 8.32. The van der Waals surface area contributed by atoms with E-state index >= 15 is 0 Å². The summed E-state index contributed by atoms with van der Waals surface area (Å²) in [7, 11) is 0. The molecule has 0 N–H and O–H groups in total. The first kappa shape index (κ1) is 16.2. The third kappa shape index (κ3) is 3.92. The van der Waals surface area contributed by atoms with Crippen molar-refractivity contribution in [1.82, 2.24) is 4.57 Å². The molecule has 108 valence electrons. The second-order valence-electron chi connectivity index (χ2n) is 4.35. The fraction of sp³-hybridized carbons (Fsp3) is 0.308. The molecule has 0 saturated carbocycles. The van der Waals surface area contributed by atoms with Crippen LogP contribution in [-0.4, -0.2) is 8.36 Å². The number of alkyl halides is 3. The maximum absolute atomic E-state index is 12.1. The summed E-state index contributed by atoms with van der Waals surface area (Å²) in [4.78, 5) is 12.8. The van der Waals surface area contributed by atoms with Crippen molar-refractivity contribution in [3.63, 3.8) is 0 Å². The predicted molar refractivity (Wildman–Crippen MR) is 87.9 cm³/mol. The molecule has 0 aliphatic carbocycles. The molecule has 0 bridgehead atoms. The van der Waals surface area contributed by atoms with Crippen LogP contribution in [0.15, 0.2) is 29.1 Å². The molecule has 0 atom stereocenters. The lowest BCUT2D eigenvalue weighted by Gasteiger charge is -2.11. The van der Waals surface area contributed by atoms with Gasteiger partial charge in [-0.05, 0) is 18.6 Å². The van der Waals surface area contributed by atoms with E-state index in [-0.39, 0.29) is 11.3 Å². The first-order chi connectivity index (χ1) is 9.28. The number of thiazole rings is 1. The van der Waals surface area contributed by atoms with Crippen molar-refractivity contribution >= 4 is 57.7 Å². The van der Waals surface area contributed by atoms with Crippen molar-refractivity contribution < 1.29 is 0 Å². The van der Waals surface area contributed by atoms with Crippen LogP contribution in [0.2, 0.25) is 5.02 Å². The van der Waals surface area contributed by atoms with Crippen LogP contribution in [0.5, 0.6) is 0 Å². The van der Waals surface area contributed by atoms with E-state index in [0.29, 0.717) is 11.6 Å². The van der Waals surface area contributed by atoms with Gasteiger partial charge in [-0.25, -0.2) is 0 Å². The number of nitrogens with zero attached hydrogens (tertiary/aromatic N) is 1. The predicted octanol–water partition coefficient (Wildman–Crippen LogP) is 4.83. The molecule has 2 rings (SSSR count). The van der Waals surface area contributed by atoms with Crippen LogP contribution in [0.3, 0.4) is 0 Å². The summed E-state index contributed by atoms with van der Waals surface area (Å²) < 4.78 is 0.252. The van der Waals surface area contributed by atoms with Gasteiger partial charge < -0.3 is 0 Å². The maximum atomic E-state index is 12.1. The molecule has 1 aromatic carbocycles. The molecular formula is C13H11Cl4NOS. The molecule has 0 spiro atoms. The summed E-state index contributed by atoms with van der Waals surface area (Å²) in [5.74, 6) is 0. The third-order valence-corrected chi connectivity index (χ3v) is 4.74. The monoisotopic (exact) mass is 369 g/mol. The topological polar surface area (TPSA) is 22.0 Å². The van der Waals surface area contributed by atoms with Crippen molar-refractivity contribution in [3.8, 4) is 0 Å². The minimum absolute atomic E-state index is 0.0772. The average molecular weight is 371 g/mol. The summed E-state index contributed by atoms with van der Waals surface area (Å²) in [5.41, 5.74) is 1.70. The Kier molecular flexibility index (Phi) is 5.09. The fourth-order valence-corrected chi connectivity index (χ4v) is 3.75. The number of benzene rings is 1. The Morgan fingerprint density at radius 1 is 1.25 bits per heavy atom. The van der Waals surface area contributed by atoms with E-state index in [1.54, 1.807) is 10.6 Å². The van der Waals surface area contributed by atoms with Gasteiger partial charge in [-0.1, -0.05) is 75.9 Å². The molecule has 0 aliphatic rings. The van der Waals surface area contributed by atoms with E-state index in [2.05, 4.69) is 0 Å². The van der Waals surface area contributed by atoms with Gasteiger partial charge in [0.1, 0.15) is 0 Å². The van der Waals surface area contributed by atoms with Crippen molar-refractivity contribution in [2.45, 2.75) is 23.7 Å². The van der Waals surface area contributed by atoms with E-state index in [1.165, 1.54) is 0 Å². The zero-order valence-corrected chi connectivity index (χ0v) is 14.3. The molecule has 2 nitrogen and oxygen atoms in total. The Bertz CT molecular complexity index is 672. The lowest BCUT2D eigenvalue weighted by atomic mass is 10.2. The number of halogens is 4. The van der Waals surface area contributed by atoms with Crippen molar-refractivity contribution in [1.29, 1.82) is 0 Å². The summed E-state index contributed by atoms with van der Waals surface area (Å²) in [6.45, 7) is 2.27. The number of hydrogen-bond donors (Lipinski definition) is 0. The summed E-state index contributed by atoms with van der Waals surface area (Å²) >= 11 is 24.6. The Morgan fingerprint density at radius 3 is 2.50 bits per heavy atom. The van der Waals surface area contributed by atoms with Gasteiger partial charge in [-0.15, -0.1) is 0 Å². The minimum atomic E-state index is -1.40. The number of rotatable bonds is 3. The molecule has 0 aliphatic heterocycles. The van der Waals surface area contributed by atoms with E-state index in [1.807, 2.05) is 25.1 Å². The first-order valence-corrected chi connectivity index (χ1v) is 8.10. The molecule has 2 aromatic rings. The SMILES string of the molecule is Cc1c(CC(Cl)(Cl)Cl)sc(=O)n1Cc1ccccc1Cl. The summed E-state index contributed by atoms with van der Waals surface area (Å²) in [6, 6.07) is 7.42. The molecule has 20 heavy (non-hydrogen) atoms. The van der Waals surface area contributed by atoms with Gasteiger partial charge in [0.15, 0.2) is 3.79 Å². The molecule has 0 fully saturated rings. The first-order valence-electron chi connectivity index (χ1n) is 5.77. The Morgan fingerprint density at radius 2 is 1.90 bits per heavy atom. The Labute approximate surface area is 140 Å². The molecule has 1 aromatic heterocycles. The van der Waals surface area contributed by atoms with Gasteiger partial charge in [0.2, 0.25) is 0 Å². The average Bonchev–Trinajstić information content (AvgIpc) is 2.57. The minimum Gasteiger partial charge on any atom is -0.299 e. The highest BCUT2D eigenvalue weighted by Crippen LogP contribution is 2.32. The normalized spacial score (nSPS) is 11.8.